The number of benzene rings is 2. The molecule has 5 heteroatoms. The Morgan fingerprint density at radius 3 is 2.64 bits per heavy atom. The average molecular weight is 333 g/mol. The molecule has 124 valence electrons. The van der Waals surface area contributed by atoms with Crippen molar-refractivity contribution in [3.63, 3.8) is 0 Å². The molecule has 2 aromatic heterocycles. The number of hydrogen-bond acceptors (Lipinski definition) is 4. The van der Waals surface area contributed by atoms with Crippen LogP contribution in [0.4, 0.5) is 4.39 Å². The number of rotatable bonds is 4. The Bertz CT molecular complexity index is 1030. The van der Waals surface area contributed by atoms with Crippen LogP contribution in [0.15, 0.2) is 71.3 Å². The zero-order valence-electron chi connectivity index (χ0n) is 13.4. The molecule has 0 fully saturated rings. The van der Waals surface area contributed by atoms with Crippen molar-refractivity contribution in [2.75, 3.05) is 0 Å². The van der Waals surface area contributed by atoms with Crippen LogP contribution in [-0.4, -0.2) is 10.1 Å². The predicted octanol–water partition coefficient (Wildman–Crippen LogP) is 4.27. The maximum Gasteiger partial charge on any atom is 0.213 e. The van der Waals surface area contributed by atoms with Gasteiger partial charge in [0.2, 0.25) is 5.95 Å². The molecule has 0 aliphatic carbocycles. The number of nitrogens with zero attached hydrogens (tertiary/aromatic N) is 2. The Balaban J connectivity index is 1.74. The van der Waals surface area contributed by atoms with Crippen LogP contribution in [0.1, 0.15) is 17.3 Å². The highest BCUT2D eigenvalue weighted by Crippen LogP contribution is 2.33. The molecule has 0 bridgehead atoms. The van der Waals surface area contributed by atoms with E-state index in [9.17, 15) is 4.39 Å². The molecule has 4 nitrogen and oxygen atoms in total. The fraction of sp³-hybridized carbons (Fsp3) is 0.100. The number of aromatic nitrogens is 2. The molecule has 2 heterocycles. The summed E-state index contributed by atoms with van der Waals surface area (Å²) in [6, 6.07) is 19.9. The van der Waals surface area contributed by atoms with E-state index in [0.29, 0.717) is 12.1 Å². The molecule has 2 N–H and O–H groups in total. The quantitative estimate of drug-likeness (QED) is 0.566. The average Bonchev–Trinajstić information content (AvgIpc) is 3.06. The van der Waals surface area contributed by atoms with E-state index < -0.39 is 5.95 Å². The zero-order valence-corrected chi connectivity index (χ0v) is 13.4. The lowest BCUT2D eigenvalue weighted by Crippen LogP contribution is -2.15. The molecule has 0 unspecified atom stereocenters. The summed E-state index contributed by atoms with van der Waals surface area (Å²) in [5.41, 5.74) is 10.3. The number of halogens is 1. The first-order valence-corrected chi connectivity index (χ1v) is 8.03. The molecule has 0 spiro atoms. The molecule has 0 radical (unpaired) electrons. The second-order valence-electron chi connectivity index (χ2n) is 5.88. The van der Waals surface area contributed by atoms with Gasteiger partial charge in [-0.05, 0) is 29.8 Å². The molecule has 25 heavy (non-hydrogen) atoms. The first kappa shape index (κ1) is 15.5. The normalized spacial score (nSPS) is 12.4. The van der Waals surface area contributed by atoms with E-state index in [1.807, 2.05) is 48.5 Å². The third kappa shape index (κ3) is 3.02. The van der Waals surface area contributed by atoms with Gasteiger partial charge in [0.1, 0.15) is 5.69 Å². The van der Waals surface area contributed by atoms with Gasteiger partial charge in [-0.3, -0.25) is 0 Å². The molecule has 2 aromatic carbocycles. The summed E-state index contributed by atoms with van der Waals surface area (Å²) >= 11 is 0. The van der Waals surface area contributed by atoms with Crippen LogP contribution in [0.2, 0.25) is 0 Å². The minimum atomic E-state index is -0.500. The van der Waals surface area contributed by atoms with E-state index in [4.69, 9.17) is 10.3 Å². The van der Waals surface area contributed by atoms with Gasteiger partial charge in [-0.15, -0.1) is 0 Å². The maximum absolute atomic E-state index is 13.3. The highest BCUT2D eigenvalue weighted by Gasteiger charge is 2.18. The standard InChI is InChI=1S/C20H16FN3O/c21-19-11-5-6-13(23-19)12-17(22)14-7-1-2-8-15(14)20-16-9-3-4-10-18(16)25-24-20/h1-11,17H,12,22H2/t17-/m0/s1. The molecular weight excluding hydrogens is 317 g/mol. The van der Waals surface area contributed by atoms with Crippen molar-refractivity contribution in [2.45, 2.75) is 12.5 Å². The lowest BCUT2D eigenvalue weighted by Gasteiger charge is -2.15. The van der Waals surface area contributed by atoms with Gasteiger partial charge in [0.25, 0.3) is 0 Å². The summed E-state index contributed by atoms with van der Waals surface area (Å²) in [7, 11) is 0. The van der Waals surface area contributed by atoms with Crippen LogP contribution in [-0.2, 0) is 6.42 Å². The van der Waals surface area contributed by atoms with Crippen molar-refractivity contribution in [2.24, 2.45) is 5.73 Å². The van der Waals surface area contributed by atoms with Gasteiger partial charge in [0.05, 0.1) is 0 Å². The van der Waals surface area contributed by atoms with E-state index in [1.165, 1.54) is 6.07 Å². The van der Waals surface area contributed by atoms with Crippen LogP contribution in [0.3, 0.4) is 0 Å². The van der Waals surface area contributed by atoms with Crippen molar-refractivity contribution in [1.82, 2.24) is 10.1 Å². The largest absolute Gasteiger partial charge is 0.356 e. The molecule has 4 rings (SSSR count). The molecule has 0 saturated carbocycles. The van der Waals surface area contributed by atoms with Gasteiger partial charge in [0.15, 0.2) is 5.58 Å². The van der Waals surface area contributed by atoms with Crippen LogP contribution < -0.4 is 5.73 Å². The Labute approximate surface area is 144 Å². The van der Waals surface area contributed by atoms with Crippen molar-refractivity contribution < 1.29 is 8.91 Å². The van der Waals surface area contributed by atoms with Gasteiger partial charge in [-0.25, -0.2) is 4.98 Å². The molecule has 0 aliphatic rings. The van der Waals surface area contributed by atoms with Gasteiger partial charge in [-0.1, -0.05) is 47.6 Å². The molecule has 0 aliphatic heterocycles. The molecule has 4 aromatic rings. The summed E-state index contributed by atoms with van der Waals surface area (Å²) in [6.45, 7) is 0. The van der Waals surface area contributed by atoms with E-state index in [2.05, 4.69) is 10.1 Å². The number of hydrogen-bond donors (Lipinski definition) is 1. The number of nitrogens with two attached hydrogens (primary N) is 1. The van der Waals surface area contributed by atoms with Gasteiger partial charge in [-0.2, -0.15) is 4.39 Å². The van der Waals surface area contributed by atoms with Gasteiger partial charge in [0, 0.05) is 29.1 Å². The third-order valence-corrected chi connectivity index (χ3v) is 4.19. The monoisotopic (exact) mass is 333 g/mol. The fourth-order valence-electron chi connectivity index (χ4n) is 3.02. The Morgan fingerprint density at radius 1 is 0.960 bits per heavy atom. The van der Waals surface area contributed by atoms with E-state index in [-0.39, 0.29) is 6.04 Å². The highest BCUT2D eigenvalue weighted by molar-refractivity contribution is 5.92. The molecule has 0 amide bonds. The number of para-hydroxylation sites is 1. The first-order valence-electron chi connectivity index (χ1n) is 8.03. The third-order valence-electron chi connectivity index (χ3n) is 4.19. The fourth-order valence-corrected chi connectivity index (χ4v) is 3.02. The summed E-state index contributed by atoms with van der Waals surface area (Å²) in [4.78, 5) is 3.90. The zero-order chi connectivity index (χ0) is 17.2. The molecular formula is C20H16FN3O. The predicted molar refractivity (Wildman–Crippen MR) is 94.3 cm³/mol. The van der Waals surface area contributed by atoms with E-state index in [1.54, 1.807) is 12.1 Å². The van der Waals surface area contributed by atoms with Crippen molar-refractivity contribution in [3.05, 3.63) is 83.9 Å². The van der Waals surface area contributed by atoms with Crippen LogP contribution >= 0.6 is 0 Å². The minimum Gasteiger partial charge on any atom is -0.356 e. The van der Waals surface area contributed by atoms with Gasteiger partial charge >= 0.3 is 0 Å². The Hall–Kier alpha value is -3.05. The van der Waals surface area contributed by atoms with E-state index >= 15 is 0 Å². The van der Waals surface area contributed by atoms with Crippen LogP contribution in [0.5, 0.6) is 0 Å². The minimum absolute atomic E-state index is 0.332. The van der Waals surface area contributed by atoms with Crippen molar-refractivity contribution in [1.29, 1.82) is 0 Å². The summed E-state index contributed by atoms with van der Waals surface area (Å²) in [5.74, 6) is -0.500. The Morgan fingerprint density at radius 2 is 1.76 bits per heavy atom. The molecule has 1 atom stereocenters. The van der Waals surface area contributed by atoms with Gasteiger partial charge < -0.3 is 10.3 Å². The lowest BCUT2D eigenvalue weighted by molar-refractivity contribution is 0.459. The van der Waals surface area contributed by atoms with Crippen LogP contribution in [0, 0.1) is 5.95 Å². The number of pyridine rings is 1. The smallest absolute Gasteiger partial charge is 0.213 e. The van der Waals surface area contributed by atoms with E-state index in [0.717, 1.165) is 27.8 Å². The summed E-state index contributed by atoms with van der Waals surface area (Å²) < 4.78 is 18.7. The lowest BCUT2D eigenvalue weighted by atomic mass is 9.94. The topological polar surface area (TPSA) is 64.9 Å². The van der Waals surface area contributed by atoms with Crippen molar-refractivity contribution in [3.8, 4) is 11.3 Å². The summed E-state index contributed by atoms with van der Waals surface area (Å²) in [6.07, 6.45) is 0.435. The second-order valence-corrected chi connectivity index (χ2v) is 5.88. The maximum atomic E-state index is 13.3. The number of fused-ring (bicyclic) bond motifs is 1. The van der Waals surface area contributed by atoms with Crippen molar-refractivity contribution >= 4 is 11.0 Å². The molecule has 0 saturated heterocycles. The SMILES string of the molecule is N[C@@H](Cc1cccc(F)n1)c1ccccc1-c1noc2ccccc12. The second kappa shape index (κ2) is 6.45. The first-order chi connectivity index (χ1) is 12.2. The highest BCUT2D eigenvalue weighted by atomic mass is 19.1. The van der Waals surface area contributed by atoms with Crippen LogP contribution in [0.25, 0.3) is 22.2 Å². The summed E-state index contributed by atoms with van der Waals surface area (Å²) in [5, 5.41) is 5.16. The Kier molecular flexibility index (Phi) is 3.99.